The van der Waals surface area contributed by atoms with Crippen LogP contribution in [0.3, 0.4) is 0 Å². The minimum atomic E-state index is -3.45. The van der Waals surface area contributed by atoms with E-state index >= 15 is 0 Å². The average Bonchev–Trinajstić information content (AvgIpc) is 2.26. The highest BCUT2D eigenvalue weighted by Gasteiger charge is 2.32. The van der Waals surface area contributed by atoms with E-state index in [0.29, 0.717) is 6.54 Å². The molecule has 0 saturated carbocycles. The molecule has 0 fully saturated rings. The lowest BCUT2D eigenvalue weighted by molar-refractivity contribution is 0.400. The molecule has 1 unspecified atom stereocenters. The van der Waals surface area contributed by atoms with Gasteiger partial charge >= 0.3 is 0 Å². The van der Waals surface area contributed by atoms with Gasteiger partial charge in [0.25, 0.3) is 0 Å². The van der Waals surface area contributed by atoms with Crippen LogP contribution in [0.2, 0.25) is 5.02 Å². The minimum absolute atomic E-state index is 0.00567. The smallest absolute Gasteiger partial charge is 0.184 e. The van der Waals surface area contributed by atoms with E-state index in [0.717, 1.165) is 0 Å². The normalized spacial score (nSPS) is 14.6. The zero-order valence-corrected chi connectivity index (χ0v) is 14.3. The van der Waals surface area contributed by atoms with Crippen LogP contribution in [-0.4, -0.2) is 25.8 Å². The van der Waals surface area contributed by atoms with E-state index in [1.807, 2.05) is 34.6 Å². The van der Waals surface area contributed by atoms with E-state index in [1.165, 1.54) is 0 Å². The molecular formula is C15H24ClNO2S. The standard InChI is InChI=1S/C15H24ClNO2S/c1-11(2)14(10-17-15(3,4)5)20(18,19)13-9-7-6-8-12(13)16/h6-9,11,14,17H,10H2,1-5H3. The van der Waals surface area contributed by atoms with Crippen LogP contribution in [0.5, 0.6) is 0 Å². The lowest BCUT2D eigenvalue weighted by Crippen LogP contribution is -2.45. The molecule has 1 aromatic carbocycles. The number of hydrogen-bond donors (Lipinski definition) is 1. The van der Waals surface area contributed by atoms with E-state index < -0.39 is 15.1 Å². The number of hydrogen-bond acceptors (Lipinski definition) is 3. The van der Waals surface area contributed by atoms with Crippen LogP contribution in [0, 0.1) is 5.92 Å². The first-order chi connectivity index (χ1) is 9.05. The molecule has 0 aliphatic rings. The van der Waals surface area contributed by atoms with Crippen LogP contribution in [0.1, 0.15) is 34.6 Å². The monoisotopic (exact) mass is 317 g/mol. The predicted molar refractivity (Wildman–Crippen MR) is 85.0 cm³/mol. The zero-order chi connectivity index (χ0) is 15.6. The Morgan fingerprint density at radius 2 is 1.75 bits per heavy atom. The third-order valence-electron chi connectivity index (χ3n) is 3.12. The van der Waals surface area contributed by atoms with E-state index in [2.05, 4.69) is 5.32 Å². The van der Waals surface area contributed by atoms with Gasteiger partial charge in [0.2, 0.25) is 0 Å². The average molecular weight is 318 g/mol. The maximum Gasteiger partial charge on any atom is 0.184 e. The van der Waals surface area contributed by atoms with E-state index in [-0.39, 0.29) is 21.4 Å². The Bertz CT molecular complexity index is 547. The fraction of sp³-hybridized carbons (Fsp3) is 0.600. The summed E-state index contributed by atoms with van der Waals surface area (Å²) in [5.41, 5.74) is -0.122. The molecule has 0 aliphatic carbocycles. The van der Waals surface area contributed by atoms with Crippen molar-refractivity contribution in [3.05, 3.63) is 29.3 Å². The number of sulfone groups is 1. The van der Waals surface area contributed by atoms with Crippen LogP contribution < -0.4 is 5.32 Å². The third-order valence-corrected chi connectivity index (χ3v) is 6.04. The van der Waals surface area contributed by atoms with Crippen molar-refractivity contribution in [2.24, 2.45) is 5.92 Å². The van der Waals surface area contributed by atoms with Crippen LogP contribution in [0.4, 0.5) is 0 Å². The van der Waals surface area contributed by atoms with Crippen LogP contribution in [-0.2, 0) is 9.84 Å². The lowest BCUT2D eigenvalue weighted by Gasteiger charge is -2.27. The summed E-state index contributed by atoms with van der Waals surface area (Å²) in [6.07, 6.45) is 0. The van der Waals surface area contributed by atoms with Crippen molar-refractivity contribution in [2.75, 3.05) is 6.54 Å². The first-order valence-electron chi connectivity index (χ1n) is 6.79. The summed E-state index contributed by atoms with van der Waals surface area (Å²) in [4.78, 5) is 0.219. The molecule has 0 heterocycles. The Hall–Kier alpha value is -0.580. The molecule has 0 amide bonds. The van der Waals surface area contributed by atoms with Gasteiger partial charge in [-0.2, -0.15) is 0 Å². The van der Waals surface area contributed by atoms with E-state index in [9.17, 15) is 8.42 Å². The summed E-state index contributed by atoms with van der Waals surface area (Å²) in [6.45, 7) is 10.3. The molecule has 0 bridgehead atoms. The molecular weight excluding hydrogens is 294 g/mol. The Morgan fingerprint density at radius 1 is 1.20 bits per heavy atom. The highest BCUT2D eigenvalue weighted by atomic mass is 35.5. The molecule has 1 N–H and O–H groups in total. The second-order valence-corrected chi connectivity index (χ2v) is 8.93. The zero-order valence-electron chi connectivity index (χ0n) is 12.8. The van der Waals surface area contributed by atoms with Gasteiger partial charge in [-0.05, 0) is 38.8 Å². The Balaban J connectivity index is 3.11. The van der Waals surface area contributed by atoms with E-state index in [4.69, 9.17) is 11.6 Å². The molecule has 0 spiro atoms. The molecule has 1 atom stereocenters. The molecule has 0 aromatic heterocycles. The molecule has 1 aromatic rings. The van der Waals surface area contributed by atoms with Crippen LogP contribution in [0.15, 0.2) is 29.2 Å². The van der Waals surface area contributed by atoms with Gasteiger partial charge in [0.1, 0.15) is 0 Å². The summed E-state index contributed by atoms with van der Waals surface area (Å²) < 4.78 is 25.6. The van der Waals surface area contributed by atoms with Gasteiger partial charge in [-0.1, -0.05) is 37.6 Å². The Labute approximate surface area is 127 Å². The lowest BCUT2D eigenvalue weighted by atomic mass is 10.1. The van der Waals surface area contributed by atoms with Crippen molar-refractivity contribution in [3.63, 3.8) is 0 Å². The minimum Gasteiger partial charge on any atom is -0.311 e. The molecule has 0 aliphatic heterocycles. The van der Waals surface area contributed by atoms with Gasteiger partial charge in [-0.3, -0.25) is 0 Å². The summed E-state index contributed by atoms with van der Waals surface area (Å²) >= 11 is 6.05. The summed E-state index contributed by atoms with van der Waals surface area (Å²) in [7, 11) is -3.45. The fourth-order valence-electron chi connectivity index (χ4n) is 1.95. The van der Waals surface area contributed by atoms with Gasteiger partial charge in [0.15, 0.2) is 9.84 Å². The fourth-order valence-corrected chi connectivity index (χ4v) is 4.36. The quantitative estimate of drug-likeness (QED) is 0.903. The molecule has 1 rings (SSSR count). The Kier molecular flexibility index (Phi) is 5.64. The first kappa shape index (κ1) is 17.5. The van der Waals surface area contributed by atoms with Gasteiger partial charge in [-0.15, -0.1) is 0 Å². The summed E-state index contributed by atoms with van der Waals surface area (Å²) in [5.74, 6) is 0.00567. The molecule has 0 radical (unpaired) electrons. The number of nitrogens with one attached hydrogen (secondary N) is 1. The topological polar surface area (TPSA) is 46.2 Å². The highest BCUT2D eigenvalue weighted by molar-refractivity contribution is 7.92. The van der Waals surface area contributed by atoms with Crippen LogP contribution in [0.25, 0.3) is 0 Å². The van der Waals surface area contributed by atoms with Gasteiger partial charge < -0.3 is 5.32 Å². The Morgan fingerprint density at radius 3 is 2.20 bits per heavy atom. The predicted octanol–water partition coefficient (Wildman–Crippen LogP) is 3.53. The second-order valence-electron chi connectivity index (χ2n) is 6.39. The van der Waals surface area contributed by atoms with Crippen molar-refractivity contribution in [3.8, 4) is 0 Å². The van der Waals surface area contributed by atoms with Gasteiger partial charge in [-0.25, -0.2) is 8.42 Å². The van der Waals surface area contributed by atoms with Crippen molar-refractivity contribution < 1.29 is 8.42 Å². The number of benzene rings is 1. The number of halogens is 1. The maximum absolute atomic E-state index is 12.8. The SMILES string of the molecule is CC(C)C(CNC(C)(C)C)S(=O)(=O)c1ccccc1Cl. The second kappa shape index (κ2) is 6.46. The summed E-state index contributed by atoms with van der Waals surface area (Å²) in [6, 6.07) is 6.62. The van der Waals surface area contributed by atoms with Gasteiger partial charge in [0.05, 0.1) is 15.2 Å². The molecule has 114 valence electrons. The largest absolute Gasteiger partial charge is 0.311 e. The molecule has 0 saturated heterocycles. The molecule has 5 heteroatoms. The third kappa shape index (κ3) is 4.47. The summed E-state index contributed by atoms with van der Waals surface area (Å²) in [5, 5.41) is 3.06. The van der Waals surface area contributed by atoms with E-state index in [1.54, 1.807) is 24.3 Å². The highest BCUT2D eigenvalue weighted by Crippen LogP contribution is 2.27. The van der Waals surface area contributed by atoms with Gasteiger partial charge in [0, 0.05) is 12.1 Å². The number of rotatable bonds is 5. The van der Waals surface area contributed by atoms with Crippen molar-refractivity contribution >= 4 is 21.4 Å². The van der Waals surface area contributed by atoms with Crippen molar-refractivity contribution in [2.45, 2.75) is 50.3 Å². The first-order valence-corrected chi connectivity index (χ1v) is 8.71. The molecule has 20 heavy (non-hydrogen) atoms. The van der Waals surface area contributed by atoms with Crippen molar-refractivity contribution in [1.29, 1.82) is 0 Å². The van der Waals surface area contributed by atoms with Crippen LogP contribution >= 0.6 is 11.6 Å². The maximum atomic E-state index is 12.8. The molecule has 3 nitrogen and oxygen atoms in total. The van der Waals surface area contributed by atoms with Crippen molar-refractivity contribution in [1.82, 2.24) is 5.32 Å².